The van der Waals surface area contributed by atoms with Crippen molar-refractivity contribution in [3.05, 3.63) is 41.6 Å². The van der Waals surface area contributed by atoms with Gasteiger partial charge in [0.1, 0.15) is 17.5 Å². The maximum absolute atomic E-state index is 10.1. The van der Waals surface area contributed by atoms with E-state index in [0.717, 1.165) is 62.0 Å². The molecule has 3 fully saturated rings. The third kappa shape index (κ3) is 3.40. The van der Waals surface area contributed by atoms with Crippen molar-refractivity contribution in [3.8, 4) is 12.1 Å². The van der Waals surface area contributed by atoms with Crippen LogP contribution in [0.2, 0.25) is 0 Å². The van der Waals surface area contributed by atoms with E-state index in [1.165, 1.54) is 12.8 Å². The zero-order valence-corrected chi connectivity index (χ0v) is 16.4. The number of nitriles is 2. The van der Waals surface area contributed by atoms with Crippen LogP contribution in [0.3, 0.4) is 0 Å². The van der Waals surface area contributed by atoms with Crippen LogP contribution in [-0.2, 0) is 5.41 Å². The van der Waals surface area contributed by atoms with Crippen LogP contribution in [-0.4, -0.2) is 23.1 Å². The van der Waals surface area contributed by atoms with Crippen LogP contribution in [0.1, 0.15) is 49.7 Å². The molecule has 1 aliphatic heterocycles. The molecule has 0 aromatic carbocycles. The van der Waals surface area contributed by atoms with E-state index < -0.39 is 5.41 Å². The average Bonchev–Trinajstić information content (AvgIpc) is 3.39. The molecule has 0 bridgehead atoms. The van der Waals surface area contributed by atoms with E-state index in [1.807, 2.05) is 6.07 Å². The zero-order valence-electron chi connectivity index (χ0n) is 16.4. The second-order valence-corrected chi connectivity index (χ2v) is 8.68. The van der Waals surface area contributed by atoms with Crippen molar-refractivity contribution in [2.45, 2.75) is 43.9 Å². The van der Waals surface area contributed by atoms with E-state index in [0.29, 0.717) is 17.2 Å². The smallest absolute Gasteiger partial charge is 0.134 e. The summed E-state index contributed by atoms with van der Waals surface area (Å²) >= 11 is 0. The summed E-state index contributed by atoms with van der Waals surface area (Å²) in [5.74, 6) is 3.86. The Morgan fingerprint density at radius 2 is 1.83 bits per heavy atom. The molecule has 6 heteroatoms. The van der Waals surface area contributed by atoms with Crippen molar-refractivity contribution in [1.82, 2.24) is 9.97 Å². The number of pyridine rings is 2. The third-order valence-corrected chi connectivity index (χ3v) is 6.73. The first-order chi connectivity index (χ1) is 14.2. The molecule has 1 N–H and O–H groups in total. The van der Waals surface area contributed by atoms with Crippen molar-refractivity contribution in [3.63, 3.8) is 0 Å². The topological polar surface area (TPSA) is 88.6 Å². The fourth-order valence-corrected chi connectivity index (χ4v) is 4.92. The van der Waals surface area contributed by atoms with Gasteiger partial charge in [0.2, 0.25) is 0 Å². The molecule has 2 aliphatic carbocycles. The van der Waals surface area contributed by atoms with Gasteiger partial charge in [-0.05, 0) is 60.9 Å². The Hall–Kier alpha value is -3.12. The Bertz CT molecular complexity index is 1000. The number of nitrogens with one attached hydrogen (secondary N) is 1. The number of fused-ring (bicyclic) bond motifs is 1. The van der Waals surface area contributed by atoms with Gasteiger partial charge in [-0.15, -0.1) is 0 Å². The van der Waals surface area contributed by atoms with Gasteiger partial charge in [0.15, 0.2) is 0 Å². The fourth-order valence-electron chi connectivity index (χ4n) is 4.92. The standard InChI is InChI=1S/C23H24N6/c24-12-16-4-7-26-20(8-16)27-21-10-19(23(15-25)5-2-1-3-6-23)11-22(28-21)29-13-17-9-18(17)14-29/h4,7-8,10-11,17-18H,1-3,5-6,9,13-14H2,(H,26,27,28). The Morgan fingerprint density at radius 1 is 1.03 bits per heavy atom. The highest BCUT2D eigenvalue weighted by molar-refractivity contribution is 5.60. The van der Waals surface area contributed by atoms with Gasteiger partial charge in [-0.2, -0.15) is 10.5 Å². The second kappa shape index (κ2) is 7.04. The van der Waals surface area contributed by atoms with Gasteiger partial charge in [0, 0.05) is 19.3 Å². The van der Waals surface area contributed by atoms with Crippen molar-refractivity contribution < 1.29 is 0 Å². The maximum atomic E-state index is 10.1. The molecule has 2 unspecified atom stereocenters. The lowest BCUT2D eigenvalue weighted by Crippen LogP contribution is -2.29. The van der Waals surface area contributed by atoms with Crippen LogP contribution in [0.4, 0.5) is 17.5 Å². The highest BCUT2D eigenvalue weighted by Crippen LogP contribution is 2.47. The predicted molar refractivity (Wildman–Crippen MR) is 111 cm³/mol. The Balaban J connectivity index is 1.52. The van der Waals surface area contributed by atoms with Gasteiger partial charge in [-0.1, -0.05) is 19.3 Å². The minimum Gasteiger partial charge on any atom is -0.356 e. The van der Waals surface area contributed by atoms with E-state index in [2.05, 4.69) is 33.4 Å². The largest absolute Gasteiger partial charge is 0.356 e. The number of aromatic nitrogens is 2. The fraction of sp³-hybridized carbons (Fsp3) is 0.478. The van der Waals surface area contributed by atoms with Crippen LogP contribution in [0.25, 0.3) is 0 Å². The lowest BCUT2D eigenvalue weighted by atomic mass is 9.70. The summed E-state index contributed by atoms with van der Waals surface area (Å²) in [6, 6.07) is 12.3. The number of hydrogen-bond acceptors (Lipinski definition) is 6. The van der Waals surface area contributed by atoms with E-state index in [1.54, 1.807) is 18.3 Å². The number of rotatable bonds is 4. The van der Waals surface area contributed by atoms with Crippen LogP contribution in [0.5, 0.6) is 0 Å². The third-order valence-electron chi connectivity index (χ3n) is 6.73. The summed E-state index contributed by atoms with van der Waals surface area (Å²) in [7, 11) is 0. The van der Waals surface area contributed by atoms with Gasteiger partial charge in [0.25, 0.3) is 0 Å². The number of hydrogen-bond donors (Lipinski definition) is 1. The van der Waals surface area contributed by atoms with Crippen molar-refractivity contribution in [2.75, 3.05) is 23.3 Å². The molecule has 2 aromatic rings. The first-order valence-electron chi connectivity index (χ1n) is 10.5. The molecule has 2 aromatic heterocycles. The zero-order chi connectivity index (χ0) is 19.8. The number of anilines is 3. The highest BCUT2D eigenvalue weighted by atomic mass is 15.2. The highest BCUT2D eigenvalue weighted by Gasteiger charge is 2.46. The van der Waals surface area contributed by atoms with Crippen LogP contribution >= 0.6 is 0 Å². The molecule has 5 rings (SSSR count). The van der Waals surface area contributed by atoms with Crippen LogP contribution < -0.4 is 10.2 Å². The Labute approximate surface area is 171 Å². The molecule has 2 atom stereocenters. The molecule has 0 amide bonds. The van der Waals surface area contributed by atoms with Crippen molar-refractivity contribution in [1.29, 1.82) is 10.5 Å². The molecule has 1 saturated heterocycles. The lowest BCUT2D eigenvalue weighted by Gasteiger charge is -2.32. The molecule has 0 radical (unpaired) electrons. The molecular formula is C23H24N6. The van der Waals surface area contributed by atoms with Gasteiger partial charge >= 0.3 is 0 Å². The maximum Gasteiger partial charge on any atom is 0.134 e. The van der Waals surface area contributed by atoms with Gasteiger partial charge in [-0.25, -0.2) is 9.97 Å². The monoisotopic (exact) mass is 384 g/mol. The summed E-state index contributed by atoms with van der Waals surface area (Å²) in [5, 5.41) is 22.5. The lowest BCUT2D eigenvalue weighted by molar-refractivity contribution is 0.366. The molecule has 2 saturated carbocycles. The van der Waals surface area contributed by atoms with Crippen LogP contribution in [0.15, 0.2) is 30.5 Å². The van der Waals surface area contributed by atoms with Gasteiger partial charge in [-0.3, -0.25) is 0 Å². The number of piperidine rings is 1. The predicted octanol–water partition coefficient (Wildman–Crippen LogP) is 4.27. The Morgan fingerprint density at radius 3 is 2.55 bits per heavy atom. The van der Waals surface area contributed by atoms with Crippen LogP contribution in [0, 0.1) is 34.5 Å². The van der Waals surface area contributed by atoms with Crippen molar-refractivity contribution >= 4 is 17.5 Å². The summed E-state index contributed by atoms with van der Waals surface area (Å²) in [6.07, 6.45) is 8.15. The quantitative estimate of drug-likeness (QED) is 0.847. The normalized spacial score (nSPS) is 24.3. The SMILES string of the molecule is N#Cc1ccnc(Nc2cc(C3(C#N)CCCCC3)cc(N3CC4CC4C3)n2)c1. The molecular weight excluding hydrogens is 360 g/mol. The summed E-state index contributed by atoms with van der Waals surface area (Å²) in [5.41, 5.74) is 1.18. The number of nitrogens with zero attached hydrogens (tertiary/aromatic N) is 5. The first kappa shape index (κ1) is 17.9. The van der Waals surface area contributed by atoms with E-state index in [9.17, 15) is 5.26 Å². The summed E-state index contributed by atoms with van der Waals surface area (Å²) in [4.78, 5) is 11.6. The summed E-state index contributed by atoms with van der Waals surface area (Å²) in [6.45, 7) is 2.12. The average molecular weight is 384 g/mol. The molecule has 3 aliphatic rings. The first-order valence-corrected chi connectivity index (χ1v) is 10.5. The molecule has 6 nitrogen and oxygen atoms in total. The molecule has 146 valence electrons. The van der Waals surface area contributed by atoms with Crippen molar-refractivity contribution in [2.24, 2.45) is 11.8 Å². The van der Waals surface area contributed by atoms with Gasteiger partial charge < -0.3 is 10.2 Å². The minimum absolute atomic E-state index is 0.434. The minimum atomic E-state index is -0.434. The van der Waals surface area contributed by atoms with E-state index >= 15 is 0 Å². The molecule has 3 heterocycles. The van der Waals surface area contributed by atoms with E-state index in [4.69, 9.17) is 10.2 Å². The summed E-state index contributed by atoms with van der Waals surface area (Å²) < 4.78 is 0. The second-order valence-electron chi connectivity index (χ2n) is 8.68. The van der Waals surface area contributed by atoms with Gasteiger partial charge in [0.05, 0.1) is 23.1 Å². The van der Waals surface area contributed by atoms with E-state index in [-0.39, 0.29) is 0 Å². The molecule has 0 spiro atoms. The Kier molecular flexibility index (Phi) is 4.36. The molecule has 29 heavy (non-hydrogen) atoms.